The Morgan fingerprint density at radius 3 is 2.29 bits per heavy atom. The van der Waals surface area contributed by atoms with Gasteiger partial charge in [0.1, 0.15) is 11.6 Å². The molecule has 0 radical (unpaired) electrons. The maximum Gasteiger partial charge on any atom is 0.128 e. The third-order valence-corrected chi connectivity index (χ3v) is 2.29. The van der Waals surface area contributed by atoms with Gasteiger partial charge in [0.15, 0.2) is 0 Å². The van der Waals surface area contributed by atoms with Crippen LogP contribution in [0.15, 0.2) is 12.1 Å². The molecule has 0 saturated carbocycles. The Kier molecular flexibility index (Phi) is 3.05. The van der Waals surface area contributed by atoms with E-state index in [0.29, 0.717) is 10.8 Å². The fraction of sp³-hybridized carbons (Fsp3) is 0.455. The van der Waals surface area contributed by atoms with Crippen molar-refractivity contribution in [3.8, 4) is 5.75 Å². The molecule has 0 N–H and O–H groups in total. The lowest BCUT2D eigenvalue weighted by Gasteiger charge is -2.23. The first-order valence-electron chi connectivity index (χ1n) is 4.40. The minimum absolute atomic E-state index is 0.157. The molecule has 0 heterocycles. The minimum atomic E-state index is -0.375. The van der Waals surface area contributed by atoms with E-state index in [1.807, 2.05) is 20.8 Å². The van der Waals surface area contributed by atoms with Crippen molar-refractivity contribution < 1.29 is 9.13 Å². The molecule has 14 heavy (non-hydrogen) atoms. The van der Waals surface area contributed by atoms with Crippen LogP contribution in [0.5, 0.6) is 5.75 Å². The second kappa shape index (κ2) is 3.77. The number of methoxy groups -OCH3 is 1. The molecule has 0 spiro atoms. The van der Waals surface area contributed by atoms with E-state index < -0.39 is 0 Å². The highest BCUT2D eigenvalue weighted by Crippen LogP contribution is 2.37. The molecule has 0 bridgehead atoms. The fourth-order valence-corrected chi connectivity index (χ4v) is 1.92. The molecule has 0 fully saturated rings. The fourth-order valence-electron chi connectivity index (χ4n) is 1.44. The zero-order chi connectivity index (χ0) is 10.9. The van der Waals surface area contributed by atoms with Crippen LogP contribution in [-0.2, 0) is 5.41 Å². The zero-order valence-electron chi connectivity index (χ0n) is 8.82. The summed E-state index contributed by atoms with van der Waals surface area (Å²) in [6.07, 6.45) is 0. The van der Waals surface area contributed by atoms with E-state index >= 15 is 0 Å². The van der Waals surface area contributed by atoms with E-state index in [1.54, 1.807) is 0 Å². The molecule has 3 heteroatoms. The maximum atomic E-state index is 13.0. The van der Waals surface area contributed by atoms with Crippen LogP contribution >= 0.6 is 11.6 Å². The molecular weight excluding hydrogens is 203 g/mol. The van der Waals surface area contributed by atoms with Crippen LogP contribution in [0.25, 0.3) is 0 Å². The highest BCUT2D eigenvalue weighted by molar-refractivity contribution is 6.31. The zero-order valence-corrected chi connectivity index (χ0v) is 9.57. The molecule has 1 aromatic carbocycles. The van der Waals surface area contributed by atoms with Gasteiger partial charge in [-0.1, -0.05) is 32.4 Å². The summed E-state index contributed by atoms with van der Waals surface area (Å²) in [6.45, 7) is 6.03. The topological polar surface area (TPSA) is 9.23 Å². The lowest BCUT2D eigenvalue weighted by molar-refractivity contribution is 0.394. The largest absolute Gasteiger partial charge is 0.496 e. The van der Waals surface area contributed by atoms with E-state index in [2.05, 4.69) is 0 Å². The molecule has 0 aromatic heterocycles. The van der Waals surface area contributed by atoms with Gasteiger partial charge in [0.25, 0.3) is 0 Å². The first-order valence-corrected chi connectivity index (χ1v) is 4.77. The molecule has 0 amide bonds. The van der Waals surface area contributed by atoms with E-state index in [1.165, 1.54) is 19.2 Å². The van der Waals surface area contributed by atoms with E-state index in [4.69, 9.17) is 16.3 Å². The lowest BCUT2D eigenvalue weighted by atomic mass is 9.86. The molecule has 0 atom stereocenters. The molecule has 1 aromatic rings. The Balaban J connectivity index is 3.40. The Morgan fingerprint density at radius 1 is 1.29 bits per heavy atom. The third kappa shape index (κ3) is 2.18. The van der Waals surface area contributed by atoms with Crippen LogP contribution in [0, 0.1) is 5.82 Å². The SMILES string of the molecule is COc1cc(F)cc(Cl)c1C(C)(C)C. The number of hydrogen-bond acceptors (Lipinski definition) is 1. The van der Waals surface area contributed by atoms with Gasteiger partial charge in [0, 0.05) is 11.6 Å². The Morgan fingerprint density at radius 2 is 1.86 bits per heavy atom. The Bertz CT molecular complexity index is 342. The van der Waals surface area contributed by atoms with Gasteiger partial charge in [-0.2, -0.15) is 0 Å². The van der Waals surface area contributed by atoms with Crippen molar-refractivity contribution in [2.24, 2.45) is 0 Å². The second-order valence-corrected chi connectivity index (χ2v) is 4.62. The average molecular weight is 217 g/mol. The summed E-state index contributed by atoms with van der Waals surface area (Å²) in [5, 5.41) is 0.411. The number of halogens is 2. The van der Waals surface area contributed by atoms with Gasteiger partial charge in [-0.3, -0.25) is 0 Å². The number of ether oxygens (including phenoxy) is 1. The van der Waals surface area contributed by atoms with Gasteiger partial charge in [-0.05, 0) is 11.5 Å². The first kappa shape index (κ1) is 11.3. The summed E-state index contributed by atoms with van der Waals surface area (Å²) >= 11 is 5.98. The first-order chi connectivity index (χ1) is 6.36. The normalized spacial score (nSPS) is 11.6. The minimum Gasteiger partial charge on any atom is -0.496 e. The monoisotopic (exact) mass is 216 g/mol. The number of hydrogen-bond donors (Lipinski definition) is 0. The van der Waals surface area contributed by atoms with Gasteiger partial charge in [-0.25, -0.2) is 4.39 Å². The highest BCUT2D eigenvalue weighted by Gasteiger charge is 2.22. The van der Waals surface area contributed by atoms with Crippen LogP contribution in [0.2, 0.25) is 5.02 Å². The lowest BCUT2D eigenvalue weighted by Crippen LogP contribution is -2.13. The van der Waals surface area contributed by atoms with Crippen LogP contribution < -0.4 is 4.74 Å². The number of benzene rings is 1. The van der Waals surface area contributed by atoms with Gasteiger partial charge in [0.05, 0.1) is 12.1 Å². The standard InChI is InChI=1S/C11H14ClFO/c1-11(2,3)10-8(12)5-7(13)6-9(10)14-4/h5-6H,1-4H3. The van der Waals surface area contributed by atoms with Gasteiger partial charge in [-0.15, -0.1) is 0 Å². The summed E-state index contributed by atoms with van der Waals surface area (Å²) in [6, 6.07) is 2.66. The van der Waals surface area contributed by atoms with Crippen LogP contribution in [0.4, 0.5) is 4.39 Å². The molecule has 0 aliphatic heterocycles. The van der Waals surface area contributed by atoms with Crippen molar-refractivity contribution in [2.45, 2.75) is 26.2 Å². The van der Waals surface area contributed by atoms with Crippen molar-refractivity contribution >= 4 is 11.6 Å². The quantitative estimate of drug-likeness (QED) is 0.694. The second-order valence-electron chi connectivity index (χ2n) is 4.21. The number of rotatable bonds is 1. The predicted octanol–water partition coefficient (Wildman–Crippen LogP) is 3.79. The van der Waals surface area contributed by atoms with Crippen molar-refractivity contribution in [3.63, 3.8) is 0 Å². The summed E-state index contributed by atoms with van der Waals surface area (Å²) < 4.78 is 18.1. The van der Waals surface area contributed by atoms with Crippen molar-refractivity contribution in [3.05, 3.63) is 28.5 Å². The third-order valence-electron chi connectivity index (χ3n) is 1.99. The summed E-state index contributed by atoms with van der Waals surface area (Å²) in [5.41, 5.74) is 0.680. The molecule has 0 unspecified atom stereocenters. The maximum absolute atomic E-state index is 13.0. The molecule has 1 rings (SSSR count). The van der Waals surface area contributed by atoms with Gasteiger partial charge < -0.3 is 4.74 Å². The van der Waals surface area contributed by atoms with Crippen LogP contribution in [0.3, 0.4) is 0 Å². The molecule has 0 aliphatic rings. The van der Waals surface area contributed by atoms with Crippen molar-refractivity contribution in [2.75, 3.05) is 7.11 Å². The summed E-state index contributed by atoms with van der Waals surface area (Å²) in [5.74, 6) is 0.127. The molecular formula is C11H14ClFO. The molecule has 0 aliphatic carbocycles. The van der Waals surface area contributed by atoms with Gasteiger partial charge in [0.2, 0.25) is 0 Å². The molecule has 0 saturated heterocycles. The Labute approximate surface area is 88.8 Å². The molecule has 78 valence electrons. The summed E-state index contributed by atoms with van der Waals surface area (Å²) in [7, 11) is 1.51. The smallest absolute Gasteiger partial charge is 0.128 e. The van der Waals surface area contributed by atoms with Crippen molar-refractivity contribution in [1.29, 1.82) is 0 Å². The van der Waals surface area contributed by atoms with E-state index in [9.17, 15) is 4.39 Å². The van der Waals surface area contributed by atoms with Gasteiger partial charge >= 0.3 is 0 Å². The Hall–Kier alpha value is -0.760. The van der Waals surface area contributed by atoms with E-state index in [-0.39, 0.29) is 11.2 Å². The summed E-state index contributed by atoms with van der Waals surface area (Å²) in [4.78, 5) is 0. The predicted molar refractivity (Wildman–Crippen MR) is 56.7 cm³/mol. The average Bonchev–Trinajstić information content (AvgIpc) is 1.99. The molecule has 1 nitrogen and oxygen atoms in total. The van der Waals surface area contributed by atoms with Crippen LogP contribution in [0.1, 0.15) is 26.3 Å². The van der Waals surface area contributed by atoms with E-state index in [0.717, 1.165) is 5.56 Å². The van der Waals surface area contributed by atoms with Crippen molar-refractivity contribution in [1.82, 2.24) is 0 Å². The highest BCUT2D eigenvalue weighted by atomic mass is 35.5. The van der Waals surface area contributed by atoms with Crippen LogP contribution in [-0.4, -0.2) is 7.11 Å².